The van der Waals surface area contributed by atoms with Gasteiger partial charge in [-0.05, 0) is 6.07 Å². The second kappa shape index (κ2) is 5.13. The molecule has 0 spiro atoms. The molecule has 1 aromatic heterocycles. The number of carboxylic acid groups (broad SMARTS) is 1. The molecule has 0 saturated carbocycles. The summed E-state index contributed by atoms with van der Waals surface area (Å²) in [4.78, 5) is 13.3. The van der Waals surface area contributed by atoms with Crippen LogP contribution in [0.25, 0.3) is 0 Å². The molecule has 1 N–H and O–H groups in total. The molecule has 112 valence electrons. The molecule has 0 fully saturated rings. The van der Waals surface area contributed by atoms with Crippen molar-refractivity contribution in [3.63, 3.8) is 0 Å². The van der Waals surface area contributed by atoms with Gasteiger partial charge in [-0.3, -0.25) is 0 Å². The van der Waals surface area contributed by atoms with Crippen molar-refractivity contribution < 1.29 is 45.4 Å². The number of rotatable bonds is 3. The molecule has 0 amide bonds. The van der Waals surface area contributed by atoms with Gasteiger partial charge in [0.05, 0.1) is 0 Å². The molecular weight excluding hydrogens is 303 g/mol. The Hall–Kier alpha value is -2.07. The number of aromatic carboxylic acids is 1. The van der Waals surface area contributed by atoms with Crippen LogP contribution < -0.4 is 4.74 Å². The van der Waals surface area contributed by atoms with Crippen molar-refractivity contribution in [2.75, 3.05) is 0 Å². The second-order valence-corrected chi connectivity index (χ2v) is 3.36. The van der Waals surface area contributed by atoms with Crippen LogP contribution >= 0.6 is 0 Å². The van der Waals surface area contributed by atoms with Gasteiger partial charge in [0.15, 0.2) is 5.82 Å². The van der Waals surface area contributed by atoms with Crippen LogP contribution in [0.5, 0.6) is 5.88 Å². The third-order valence-electron chi connectivity index (χ3n) is 1.91. The van der Waals surface area contributed by atoms with Gasteiger partial charge < -0.3 is 9.84 Å². The minimum absolute atomic E-state index is 0.506. The Morgan fingerprint density at radius 3 is 2.10 bits per heavy atom. The first kappa shape index (κ1) is 16.0. The van der Waals surface area contributed by atoms with E-state index in [4.69, 9.17) is 5.11 Å². The zero-order valence-electron chi connectivity index (χ0n) is 9.09. The zero-order valence-corrected chi connectivity index (χ0v) is 9.09. The van der Waals surface area contributed by atoms with E-state index >= 15 is 0 Å². The van der Waals surface area contributed by atoms with Crippen molar-refractivity contribution in [3.05, 3.63) is 23.6 Å². The smallest absolute Gasteiger partial charge is 0.434 e. The average Bonchev–Trinajstić information content (AvgIpc) is 2.23. The van der Waals surface area contributed by atoms with Gasteiger partial charge in [-0.15, -0.1) is 0 Å². The Bertz CT molecular complexity index is 497. The fourth-order valence-corrected chi connectivity index (χ4v) is 1.10. The van der Waals surface area contributed by atoms with Gasteiger partial charge >= 0.3 is 18.3 Å². The molecule has 20 heavy (non-hydrogen) atoms. The minimum Gasteiger partial charge on any atom is -0.478 e. The molecule has 0 bridgehead atoms. The fourth-order valence-electron chi connectivity index (χ4n) is 1.10. The highest BCUT2D eigenvalue weighted by molar-refractivity contribution is 5.88. The van der Waals surface area contributed by atoms with Crippen LogP contribution in [0.4, 0.5) is 30.7 Å². The van der Waals surface area contributed by atoms with Crippen molar-refractivity contribution in [2.45, 2.75) is 18.5 Å². The Labute approximate surface area is 105 Å². The van der Waals surface area contributed by atoms with E-state index in [1.807, 2.05) is 0 Å². The molecule has 1 rings (SSSR count). The summed E-state index contributed by atoms with van der Waals surface area (Å²) in [7, 11) is 0. The number of hydrogen-bond donors (Lipinski definition) is 1. The Balaban J connectivity index is 3.20. The Kier molecular flexibility index (Phi) is 4.10. The summed E-state index contributed by atoms with van der Waals surface area (Å²) >= 11 is 0. The number of carbonyl (C=O) groups is 1. The van der Waals surface area contributed by atoms with E-state index in [9.17, 15) is 35.5 Å². The normalized spacial score (nSPS) is 12.6. The van der Waals surface area contributed by atoms with Gasteiger partial charge in [0, 0.05) is 6.20 Å². The highest BCUT2D eigenvalue weighted by Gasteiger charge is 2.59. The third-order valence-corrected chi connectivity index (χ3v) is 1.91. The summed E-state index contributed by atoms with van der Waals surface area (Å²) in [6.45, 7) is 0. The monoisotopic (exact) mass is 307 g/mol. The Morgan fingerprint density at radius 1 is 1.20 bits per heavy atom. The van der Waals surface area contributed by atoms with Crippen LogP contribution in [0.3, 0.4) is 0 Å². The molecule has 1 aromatic rings. The molecule has 11 heteroatoms. The van der Waals surface area contributed by atoms with Crippen LogP contribution in [0.15, 0.2) is 12.3 Å². The van der Waals surface area contributed by atoms with Crippen molar-refractivity contribution >= 4 is 5.97 Å². The molecule has 4 nitrogen and oxygen atoms in total. The van der Waals surface area contributed by atoms with Crippen LogP contribution in [-0.2, 0) is 0 Å². The predicted molar refractivity (Wildman–Crippen MR) is 47.7 cm³/mol. The maximum atomic E-state index is 13.4. The van der Waals surface area contributed by atoms with Crippen molar-refractivity contribution in [3.8, 4) is 5.88 Å². The van der Waals surface area contributed by atoms with E-state index in [-0.39, 0.29) is 0 Å². The molecular formula is C9H4F7NO3. The van der Waals surface area contributed by atoms with Gasteiger partial charge in [-0.25, -0.2) is 14.2 Å². The number of carboxylic acids is 1. The summed E-state index contributed by atoms with van der Waals surface area (Å²) in [6.07, 6.45) is -15.6. The van der Waals surface area contributed by atoms with Gasteiger partial charge in [-0.2, -0.15) is 26.3 Å². The average molecular weight is 307 g/mol. The highest BCUT2D eigenvalue weighted by atomic mass is 19.4. The van der Waals surface area contributed by atoms with Crippen LogP contribution in [0.2, 0.25) is 0 Å². The van der Waals surface area contributed by atoms with Crippen LogP contribution in [0.1, 0.15) is 10.4 Å². The standard InChI is InChI=1S/C9H4F7NO3/c10-4-3(6(18)19)1-2-17-5(4)20-7(8(11,12)13)9(14,15)16/h1-2,7H,(H,18,19). The zero-order chi connectivity index (χ0) is 15.7. The van der Waals surface area contributed by atoms with Gasteiger partial charge in [0.2, 0.25) is 0 Å². The molecule has 0 aliphatic rings. The van der Waals surface area contributed by atoms with E-state index in [2.05, 4.69) is 9.72 Å². The first-order valence-corrected chi connectivity index (χ1v) is 4.62. The first-order valence-electron chi connectivity index (χ1n) is 4.62. The number of halogens is 7. The van der Waals surface area contributed by atoms with Crippen LogP contribution in [0, 0.1) is 5.82 Å². The first-order chi connectivity index (χ1) is 8.94. The summed E-state index contributed by atoms with van der Waals surface area (Å²) in [5, 5.41) is 8.48. The van der Waals surface area contributed by atoms with Crippen LogP contribution in [-0.4, -0.2) is 34.5 Å². The van der Waals surface area contributed by atoms with E-state index in [1.165, 1.54) is 0 Å². The number of pyridine rings is 1. The van der Waals surface area contributed by atoms with Crippen molar-refractivity contribution in [1.29, 1.82) is 0 Å². The van der Waals surface area contributed by atoms with Crippen molar-refractivity contribution in [1.82, 2.24) is 4.98 Å². The van der Waals surface area contributed by atoms with E-state index in [0.717, 1.165) is 0 Å². The van der Waals surface area contributed by atoms with E-state index in [1.54, 1.807) is 0 Å². The van der Waals surface area contributed by atoms with Gasteiger partial charge in [-0.1, -0.05) is 0 Å². The maximum absolute atomic E-state index is 13.4. The lowest BCUT2D eigenvalue weighted by Gasteiger charge is -2.23. The number of hydrogen-bond acceptors (Lipinski definition) is 3. The number of nitrogens with zero attached hydrogens (tertiary/aromatic N) is 1. The Morgan fingerprint density at radius 2 is 1.70 bits per heavy atom. The molecule has 0 unspecified atom stereocenters. The van der Waals surface area contributed by atoms with E-state index in [0.29, 0.717) is 12.3 Å². The fraction of sp³-hybridized carbons (Fsp3) is 0.333. The van der Waals surface area contributed by atoms with Crippen molar-refractivity contribution in [2.24, 2.45) is 0 Å². The lowest BCUT2D eigenvalue weighted by Crippen LogP contribution is -2.46. The lowest BCUT2D eigenvalue weighted by molar-refractivity contribution is -0.300. The van der Waals surface area contributed by atoms with E-state index < -0.39 is 41.7 Å². The molecule has 0 aliphatic carbocycles. The number of aromatic nitrogens is 1. The van der Waals surface area contributed by atoms with Gasteiger partial charge in [0.1, 0.15) is 5.56 Å². The quantitative estimate of drug-likeness (QED) is 0.872. The second-order valence-electron chi connectivity index (χ2n) is 3.36. The molecule has 1 heterocycles. The predicted octanol–water partition coefficient (Wildman–Crippen LogP) is 2.79. The highest BCUT2D eigenvalue weighted by Crippen LogP contribution is 2.36. The number of ether oxygens (including phenoxy) is 1. The molecule has 0 aromatic carbocycles. The summed E-state index contributed by atoms with van der Waals surface area (Å²) < 4.78 is 89.9. The lowest BCUT2D eigenvalue weighted by atomic mass is 10.2. The molecule has 0 saturated heterocycles. The topological polar surface area (TPSA) is 59.4 Å². The minimum atomic E-state index is -5.87. The third kappa shape index (κ3) is 3.48. The maximum Gasteiger partial charge on any atom is 0.434 e. The summed E-state index contributed by atoms with van der Waals surface area (Å²) in [6, 6.07) is 0.556. The largest absolute Gasteiger partial charge is 0.478 e. The molecule has 0 radical (unpaired) electrons. The molecule has 0 atom stereocenters. The molecule has 0 aliphatic heterocycles. The summed E-state index contributed by atoms with van der Waals surface area (Å²) in [5.41, 5.74) is -1.17. The SMILES string of the molecule is O=C(O)c1ccnc(OC(C(F)(F)F)C(F)(F)F)c1F. The van der Waals surface area contributed by atoms with Gasteiger partial charge in [0.25, 0.3) is 12.0 Å². The summed E-state index contributed by atoms with van der Waals surface area (Å²) in [5.74, 6) is -5.53. The number of alkyl halides is 6.